The van der Waals surface area contributed by atoms with Crippen LogP contribution in [0.4, 0.5) is 4.39 Å². The summed E-state index contributed by atoms with van der Waals surface area (Å²) >= 11 is 0. The molecule has 110 valence electrons. The molecule has 1 aromatic carbocycles. The molecule has 0 unspecified atom stereocenters. The van der Waals surface area contributed by atoms with E-state index in [9.17, 15) is 14.0 Å². The lowest BCUT2D eigenvalue weighted by atomic mass is 10.1. The van der Waals surface area contributed by atoms with Crippen molar-refractivity contribution in [3.8, 4) is 0 Å². The molecule has 2 aromatic rings. The van der Waals surface area contributed by atoms with E-state index in [4.69, 9.17) is 9.84 Å². The van der Waals surface area contributed by atoms with Gasteiger partial charge in [0.1, 0.15) is 5.82 Å². The molecule has 2 rings (SSSR count). The molecule has 6 heteroatoms. The van der Waals surface area contributed by atoms with E-state index in [1.54, 1.807) is 12.3 Å². The first kappa shape index (κ1) is 14.8. The fourth-order valence-electron chi connectivity index (χ4n) is 1.98. The van der Waals surface area contributed by atoms with Crippen LogP contribution in [0.5, 0.6) is 0 Å². The molecule has 2 N–H and O–H groups in total. The number of nitrogens with one attached hydrogen (secondary N) is 1. The van der Waals surface area contributed by atoms with Gasteiger partial charge in [0.15, 0.2) is 0 Å². The molecule has 0 fully saturated rings. The van der Waals surface area contributed by atoms with Gasteiger partial charge in [-0.05, 0) is 36.6 Å². The predicted octanol–water partition coefficient (Wildman–Crippen LogP) is 2.42. The second kappa shape index (κ2) is 6.69. The van der Waals surface area contributed by atoms with E-state index in [-0.39, 0.29) is 12.4 Å². The first-order valence-electron chi connectivity index (χ1n) is 6.39. The molecule has 0 spiro atoms. The average molecular weight is 291 g/mol. The second-order valence-corrected chi connectivity index (χ2v) is 4.45. The Morgan fingerprint density at radius 1 is 1.33 bits per heavy atom. The number of H-pyrrole nitrogens is 1. The largest absolute Gasteiger partial charge is 0.478 e. The number of esters is 1. The Labute approximate surface area is 120 Å². The van der Waals surface area contributed by atoms with E-state index < -0.39 is 11.9 Å². The smallest absolute Gasteiger partial charge is 0.331 e. The topological polar surface area (TPSA) is 79.4 Å². The predicted molar refractivity (Wildman–Crippen MR) is 74.3 cm³/mol. The number of aryl methyl sites for hydroxylation is 1. The Morgan fingerprint density at radius 3 is 2.90 bits per heavy atom. The summed E-state index contributed by atoms with van der Waals surface area (Å²) in [5, 5.41) is 9.17. The van der Waals surface area contributed by atoms with Gasteiger partial charge >= 0.3 is 11.9 Å². The van der Waals surface area contributed by atoms with Crippen molar-refractivity contribution >= 4 is 22.8 Å². The second-order valence-electron chi connectivity index (χ2n) is 4.45. The molecule has 0 saturated carbocycles. The highest BCUT2D eigenvalue weighted by Gasteiger charge is 2.05. The summed E-state index contributed by atoms with van der Waals surface area (Å²) in [6, 6.07) is 4.52. The van der Waals surface area contributed by atoms with Crippen LogP contribution in [-0.2, 0) is 20.7 Å². The van der Waals surface area contributed by atoms with Crippen molar-refractivity contribution < 1.29 is 23.8 Å². The van der Waals surface area contributed by atoms with Gasteiger partial charge in [0.05, 0.1) is 6.61 Å². The summed E-state index contributed by atoms with van der Waals surface area (Å²) in [5.74, 6) is -2.19. The number of fused-ring (bicyclic) bond motifs is 1. The molecule has 5 nitrogen and oxygen atoms in total. The number of hydrogen-bond donors (Lipinski definition) is 2. The van der Waals surface area contributed by atoms with Crippen LogP contribution >= 0.6 is 0 Å². The van der Waals surface area contributed by atoms with Gasteiger partial charge in [0, 0.05) is 29.3 Å². The Bertz CT molecular complexity index is 690. The Morgan fingerprint density at radius 2 is 2.14 bits per heavy atom. The number of hydrogen-bond acceptors (Lipinski definition) is 3. The van der Waals surface area contributed by atoms with Gasteiger partial charge in [-0.3, -0.25) is 0 Å². The van der Waals surface area contributed by atoms with Crippen molar-refractivity contribution in [1.82, 2.24) is 4.98 Å². The van der Waals surface area contributed by atoms with E-state index in [0.717, 1.165) is 28.6 Å². The van der Waals surface area contributed by atoms with Crippen LogP contribution in [0.15, 0.2) is 36.5 Å². The van der Waals surface area contributed by atoms with Gasteiger partial charge in [0.2, 0.25) is 0 Å². The molecule has 1 aromatic heterocycles. The zero-order chi connectivity index (χ0) is 15.2. The average Bonchev–Trinajstić information content (AvgIpc) is 2.83. The molecule has 0 atom stereocenters. The molecule has 1 heterocycles. The Kier molecular flexibility index (Phi) is 4.71. The van der Waals surface area contributed by atoms with Crippen molar-refractivity contribution in [3.05, 3.63) is 47.9 Å². The number of carbonyl (C=O) groups is 2. The highest BCUT2D eigenvalue weighted by molar-refractivity contribution is 5.90. The van der Waals surface area contributed by atoms with E-state index in [1.807, 2.05) is 0 Å². The summed E-state index contributed by atoms with van der Waals surface area (Å²) in [4.78, 5) is 24.4. The number of halogens is 1. The highest BCUT2D eigenvalue weighted by atomic mass is 19.1. The molecule has 0 saturated heterocycles. The van der Waals surface area contributed by atoms with Gasteiger partial charge in [-0.25, -0.2) is 14.0 Å². The van der Waals surface area contributed by atoms with E-state index in [2.05, 4.69) is 4.98 Å². The highest BCUT2D eigenvalue weighted by Crippen LogP contribution is 2.20. The Hall–Kier alpha value is -2.63. The normalized spacial score (nSPS) is 11.1. The maximum absolute atomic E-state index is 13.2. The van der Waals surface area contributed by atoms with Gasteiger partial charge < -0.3 is 14.8 Å². The van der Waals surface area contributed by atoms with Crippen LogP contribution in [0.25, 0.3) is 10.9 Å². The fourth-order valence-corrected chi connectivity index (χ4v) is 1.98. The van der Waals surface area contributed by atoms with Crippen LogP contribution in [0, 0.1) is 5.82 Å². The third-order valence-electron chi connectivity index (χ3n) is 2.93. The number of benzene rings is 1. The summed E-state index contributed by atoms with van der Waals surface area (Å²) in [6.07, 6.45) is 4.58. The van der Waals surface area contributed by atoms with Gasteiger partial charge in [-0.15, -0.1) is 0 Å². The zero-order valence-corrected chi connectivity index (χ0v) is 11.1. The van der Waals surface area contributed by atoms with Gasteiger partial charge in [-0.1, -0.05) is 0 Å². The van der Waals surface area contributed by atoms with Crippen molar-refractivity contribution in [2.24, 2.45) is 0 Å². The Balaban J connectivity index is 1.84. The molecule has 0 amide bonds. The molecular weight excluding hydrogens is 277 g/mol. The minimum absolute atomic E-state index is 0.171. The van der Waals surface area contributed by atoms with Crippen LogP contribution in [0.3, 0.4) is 0 Å². The number of ether oxygens (including phenoxy) is 1. The number of rotatable bonds is 6. The lowest BCUT2D eigenvalue weighted by Crippen LogP contribution is -2.04. The van der Waals surface area contributed by atoms with Gasteiger partial charge in [0.25, 0.3) is 0 Å². The fraction of sp³-hybridized carbons (Fsp3) is 0.200. The molecular formula is C15H14FNO4. The number of carboxylic acids is 1. The minimum Gasteiger partial charge on any atom is -0.478 e. The third kappa shape index (κ3) is 4.17. The van der Waals surface area contributed by atoms with Gasteiger partial charge in [-0.2, -0.15) is 0 Å². The van der Waals surface area contributed by atoms with E-state index in [0.29, 0.717) is 12.8 Å². The number of aromatic nitrogens is 1. The number of aromatic amines is 1. The van der Waals surface area contributed by atoms with Crippen molar-refractivity contribution in [3.63, 3.8) is 0 Å². The maximum atomic E-state index is 13.2. The first-order chi connectivity index (χ1) is 10.1. The quantitative estimate of drug-likeness (QED) is 0.486. The maximum Gasteiger partial charge on any atom is 0.331 e. The summed E-state index contributed by atoms with van der Waals surface area (Å²) in [7, 11) is 0. The standard InChI is InChI=1S/C15H14FNO4/c16-11-3-4-13-12(8-11)10(9-17-13)2-1-7-21-15(20)6-5-14(18)19/h3-6,8-9,17H,1-2,7H2,(H,18,19)/b6-5+. The number of carboxylic acid groups (broad SMARTS) is 1. The van der Waals surface area contributed by atoms with Crippen LogP contribution in [0.1, 0.15) is 12.0 Å². The van der Waals surface area contributed by atoms with Crippen molar-refractivity contribution in [1.29, 1.82) is 0 Å². The third-order valence-corrected chi connectivity index (χ3v) is 2.93. The summed E-state index contributed by atoms with van der Waals surface area (Å²) in [5.41, 5.74) is 1.80. The molecule has 0 radical (unpaired) electrons. The number of carbonyl (C=O) groups excluding carboxylic acids is 1. The van der Waals surface area contributed by atoms with Crippen molar-refractivity contribution in [2.75, 3.05) is 6.61 Å². The van der Waals surface area contributed by atoms with Crippen LogP contribution < -0.4 is 0 Å². The number of aliphatic carboxylic acids is 1. The van der Waals surface area contributed by atoms with Crippen LogP contribution in [-0.4, -0.2) is 28.6 Å². The minimum atomic E-state index is -1.20. The molecule has 0 aliphatic heterocycles. The monoisotopic (exact) mass is 291 g/mol. The van der Waals surface area contributed by atoms with E-state index in [1.165, 1.54) is 12.1 Å². The van der Waals surface area contributed by atoms with Crippen molar-refractivity contribution in [2.45, 2.75) is 12.8 Å². The molecule has 0 aliphatic rings. The lowest BCUT2D eigenvalue weighted by molar-refractivity contribution is -0.138. The summed E-state index contributed by atoms with van der Waals surface area (Å²) in [6.45, 7) is 0.171. The zero-order valence-electron chi connectivity index (χ0n) is 11.1. The molecule has 0 aliphatic carbocycles. The first-order valence-corrected chi connectivity index (χ1v) is 6.39. The molecule has 21 heavy (non-hydrogen) atoms. The summed E-state index contributed by atoms with van der Waals surface area (Å²) < 4.78 is 18.1. The van der Waals surface area contributed by atoms with Crippen LogP contribution in [0.2, 0.25) is 0 Å². The molecule has 0 bridgehead atoms. The lowest BCUT2D eigenvalue weighted by Gasteiger charge is -2.02. The SMILES string of the molecule is O=C(O)/C=C/C(=O)OCCCc1c[nH]c2ccc(F)cc12. The van der Waals surface area contributed by atoms with E-state index >= 15 is 0 Å².